The molecular formula is C8H9IO2. The highest BCUT2D eigenvalue weighted by Gasteiger charge is 2.03. The number of aliphatic hydroxyl groups is 2. The van der Waals surface area contributed by atoms with E-state index < -0.39 is 6.10 Å². The van der Waals surface area contributed by atoms with E-state index in [1.807, 2.05) is 24.3 Å². The van der Waals surface area contributed by atoms with E-state index in [4.69, 9.17) is 10.2 Å². The molecule has 0 amide bonds. The molecule has 0 fully saturated rings. The molecule has 0 aliphatic carbocycles. The molecule has 0 saturated heterocycles. The first-order valence-electron chi connectivity index (χ1n) is 3.28. The average Bonchev–Trinajstić information content (AvgIpc) is 2.05. The minimum atomic E-state index is -0.744. The number of aliphatic hydroxyl groups excluding tert-OH is 2. The van der Waals surface area contributed by atoms with Gasteiger partial charge < -0.3 is 10.2 Å². The first kappa shape index (κ1) is 8.96. The summed E-state index contributed by atoms with van der Waals surface area (Å²) in [5.74, 6) is 0. The molecule has 0 aliphatic rings. The van der Waals surface area contributed by atoms with Crippen LogP contribution in [0.2, 0.25) is 0 Å². The van der Waals surface area contributed by atoms with E-state index in [0.717, 1.165) is 9.13 Å². The van der Waals surface area contributed by atoms with E-state index in [0.29, 0.717) is 0 Å². The maximum absolute atomic E-state index is 9.17. The van der Waals surface area contributed by atoms with Crippen LogP contribution < -0.4 is 0 Å². The predicted octanol–water partition coefficient (Wildman–Crippen LogP) is 1.32. The number of hydrogen-bond acceptors (Lipinski definition) is 2. The number of halogens is 1. The molecule has 0 spiro atoms. The molecule has 0 saturated carbocycles. The van der Waals surface area contributed by atoms with Crippen LogP contribution in [0.1, 0.15) is 11.7 Å². The molecule has 1 aromatic carbocycles. The Morgan fingerprint density at radius 3 is 2.27 bits per heavy atom. The van der Waals surface area contributed by atoms with Crippen LogP contribution in [-0.2, 0) is 0 Å². The molecule has 0 bridgehead atoms. The fourth-order valence-corrected chi connectivity index (χ4v) is 1.15. The third kappa shape index (κ3) is 2.43. The monoisotopic (exact) mass is 264 g/mol. The lowest BCUT2D eigenvalue weighted by atomic mass is 10.1. The molecule has 0 radical (unpaired) electrons. The highest BCUT2D eigenvalue weighted by atomic mass is 127. The van der Waals surface area contributed by atoms with Gasteiger partial charge in [0, 0.05) is 3.57 Å². The van der Waals surface area contributed by atoms with Crippen LogP contribution in [-0.4, -0.2) is 16.8 Å². The zero-order valence-corrected chi connectivity index (χ0v) is 8.02. The van der Waals surface area contributed by atoms with Gasteiger partial charge in [0.2, 0.25) is 0 Å². The Bertz CT molecular complexity index is 220. The van der Waals surface area contributed by atoms with Gasteiger partial charge in [-0.15, -0.1) is 0 Å². The van der Waals surface area contributed by atoms with Gasteiger partial charge in [-0.3, -0.25) is 0 Å². The molecule has 0 heterocycles. The van der Waals surface area contributed by atoms with Crippen molar-refractivity contribution in [2.45, 2.75) is 6.10 Å². The fraction of sp³-hybridized carbons (Fsp3) is 0.250. The Hall–Kier alpha value is -0.130. The van der Waals surface area contributed by atoms with Crippen molar-refractivity contribution in [3.05, 3.63) is 33.4 Å². The molecule has 60 valence electrons. The van der Waals surface area contributed by atoms with Crippen molar-refractivity contribution in [1.82, 2.24) is 0 Å². The second kappa shape index (κ2) is 4.04. The lowest BCUT2D eigenvalue weighted by Crippen LogP contribution is -2.01. The summed E-state index contributed by atoms with van der Waals surface area (Å²) in [6.07, 6.45) is -0.744. The largest absolute Gasteiger partial charge is 0.393 e. The maximum Gasteiger partial charge on any atom is 0.102 e. The molecular weight excluding hydrogens is 255 g/mol. The molecule has 2 nitrogen and oxygen atoms in total. The Morgan fingerprint density at radius 1 is 1.27 bits per heavy atom. The van der Waals surface area contributed by atoms with E-state index >= 15 is 0 Å². The Kier molecular flexibility index (Phi) is 3.29. The second-order valence-electron chi connectivity index (χ2n) is 2.25. The summed E-state index contributed by atoms with van der Waals surface area (Å²) in [6.45, 7) is -0.222. The summed E-state index contributed by atoms with van der Waals surface area (Å²) < 4.78 is 1.12. The smallest absolute Gasteiger partial charge is 0.102 e. The topological polar surface area (TPSA) is 40.5 Å². The maximum atomic E-state index is 9.17. The van der Waals surface area contributed by atoms with Crippen molar-refractivity contribution < 1.29 is 10.2 Å². The quantitative estimate of drug-likeness (QED) is 0.791. The van der Waals surface area contributed by atoms with Crippen molar-refractivity contribution in [3.8, 4) is 0 Å². The molecule has 1 aromatic rings. The van der Waals surface area contributed by atoms with Crippen molar-refractivity contribution in [3.63, 3.8) is 0 Å². The van der Waals surface area contributed by atoms with Crippen LogP contribution in [0.3, 0.4) is 0 Å². The summed E-state index contributed by atoms with van der Waals surface area (Å²) in [4.78, 5) is 0. The van der Waals surface area contributed by atoms with Gasteiger partial charge in [0.1, 0.15) is 6.10 Å². The first-order chi connectivity index (χ1) is 5.24. The lowest BCUT2D eigenvalue weighted by molar-refractivity contribution is 0.0956. The molecule has 3 heteroatoms. The van der Waals surface area contributed by atoms with Gasteiger partial charge in [0.05, 0.1) is 6.61 Å². The standard InChI is InChI=1S/C8H9IO2/c9-7-3-1-6(2-4-7)8(11)5-10/h1-4,8,10-11H,5H2. The number of hydrogen-bond donors (Lipinski definition) is 2. The van der Waals surface area contributed by atoms with E-state index in [9.17, 15) is 0 Å². The zero-order chi connectivity index (χ0) is 8.27. The third-order valence-corrected chi connectivity index (χ3v) is 2.15. The zero-order valence-electron chi connectivity index (χ0n) is 5.87. The van der Waals surface area contributed by atoms with Gasteiger partial charge in [-0.2, -0.15) is 0 Å². The second-order valence-corrected chi connectivity index (χ2v) is 3.50. The molecule has 1 rings (SSSR count). The van der Waals surface area contributed by atoms with Gasteiger partial charge >= 0.3 is 0 Å². The predicted molar refractivity (Wildman–Crippen MR) is 51.2 cm³/mol. The third-order valence-electron chi connectivity index (χ3n) is 1.43. The van der Waals surface area contributed by atoms with E-state index in [2.05, 4.69) is 22.6 Å². The molecule has 11 heavy (non-hydrogen) atoms. The van der Waals surface area contributed by atoms with Crippen LogP contribution >= 0.6 is 22.6 Å². The summed E-state index contributed by atoms with van der Waals surface area (Å²) in [5.41, 5.74) is 0.757. The van der Waals surface area contributed by atoms with Crippen molar-refractivity contribution >= 4 is 22.6 Å². The van der Waals surface area contributed by atoms with Crippen LogP contribution in [0, 0.1) is 3.57 Å². The van der Waals surface area contributed by atoms with E-state index in [1.54, 1.807) is 0 Å². The summed E-state index contributed by atoms with van der Waals surface area (Å²) in [5, 5.41) is 17.8. The summed E-state index contributed by atoms with van der Waals surface area (Å²) >= 11 is 2.19. The van der Waals surface area contributed by atoms with Crippen LogP contribution in [0.15, 0.2) is 24.3 Å². The number of rotatable bonds is 2. The average molecular weight is 264 g/mol. The van der Waals surface area contributed by atoms with E-state index in [1.165, 1.54) is 0 Å². The number of benzene rings is 1. The Morgan fingerprint density at radius 2 is 1.82 bits per heavy atom. The van der Waals surface area contributed by atoms with E-state index in [-0.39, 0.29) is 6.61 Å². The van der Waals surface area contributed by atoms with Gasteiger partial charge in [-0.25, -0.2) is 0 Å². The van der Waals surface area contributed by atoms with Gasteiger partial charge in [-0.05, 0) is 40.3 Å². The molecule has 1 atom stereocenters. The van der Waals surface area contributed by atoms with Crippen molar-refractivity contribution in [2.24, 2.45) is 0 Å². The fourth-order valence-electron chi connectivity index (χ4n) is 0.790. The highest BCUT2D eigenvalue weighted by molar-refractivity contribution is 14.1. The van der Waals surface area contributed by atoms with Gasteiger partial charge in [0.25, 0.3) is 0 Å². The van der Waals surface area contributed by atoms with Crippen LogP contribution in [0.5, 0.6) is 0 Å². The normalized spacial score (nSPS) is 13.0. The minimum absolute atomic E-state index is 0.222. The van der Waals surface area contributed by atoms with Gasteiger partial charge in [0.15, 0.2) is 0 Å². The van der Waals surface area contributed by atoms with Gasteiger partial charge in [-0.1, -0.05) is 12.1 Å². The van der Waals surface area contributed by atoms with Crippen LogP contribution in [0.4, 0.5) is 0 Å². The lowest BCUT2D eigenvalue weighted by Gasteiger charge is -2.06. The highest BCUT2D eigenvalue weighted by Crippen LogP contribution is 2.13. The van der Waals surface area contributed by atoms with Crippen molar-refractivity contribution in [2.75, 3.05) is 6.61 Å². The summed E-state index contributed by atoms with van der Waals surface area (Å²) in [7, 11) is 0. The molecule has 0 aromatic heterocycles. The molecule has 0 aliphatic heterocycles. The Labute approximate surface area is 79.0 Å². The minimum Gasteiger partial charge on any atom is -0.393 e. The Balaban J connectivity index is 2.81. The molecule has 2 N–H and O–H groups in total. The summed E-state index contributed by atoms with van der Waals surface area (Å²) in [6, 6.07) is 7.41. The molecule has 1 unspecified atom stereocenters. The van der Waals surface area contributed by atoms with Crippen molar-refractivity contribution in [1.29, 1.82) is 0 Å². The van der Waals surface area contributed by atoms with Crippen LogP contribution in [0.25, 0.3) is 0 Å². The SMILES string of the molecule is OCC(O)c1ccc(I)cc1. The first-order valence-corrected chi connectivity index (χ1v) is 4.36.